The molecule has 6 nitrogen and oxygen atoms in total. The van der Waals surface area contributed by atoms with Crippen LogP contribution in [0.2, 0.25) is 0 Å². The fraction of sp³-hybridized carbons (Fsp3) is 0.966. The molecule has 0 aromatic carbocycles. The molecule has 35 heavy (non-hydrogen) atoms. The standard InChI is InChI=1S/C29H51NO5/c1-3-5-7-9-11-13-34-26-17-21-20(19-30)15-24-22(16-25(31)29(33)28(24)32)23(21)18-27(26)35-14-12-10-8-6-4-2/h20-29,31-33H,3-18H2,1-2H3. The van der Waals surface area contributed by atoms with Gasteiger partial charge in [0.1, 0.15) is 6.10 Å². The summed E-state index contributed by atoms with van der Waals surface area (Å²) < 4.78 is 12.9. The maximum Gasteiger partial charge on any atom is 0.106 e. The minimum atomic E-state index is -1.12. The molecule has 6 heteroatoms. The zero-order chi connectivity index (χ0) is 25.2. The molecule has 0 aromatic rings. The van der Waals surface area contributed by atoms with Gasteiger partial charge < -0.3 is 24.8 Å². The monoisotopic (exact) mass is 493 g/mol. The predicted molar refractivity (Wildman–Crippen MR) is 137 cm³/mol. The molecule has 202 valence electrons. The number of nitriles is 1. The van der Waals surface area contributed by atoms with Crippen LogP contribution >= 0.6 is 0 Å². The average Bonchev–Trinajstić information content (AvgIpc) is 2.86. The van der Waals surface area contributed by atoms with Gasteiger partial charge >= 0.3 is 0 Å². The van der Waals surface area contributed by atoms with E-state index in [4.69, 9.17) is 9.47 Å². The number of hydrogen-bond donors (Lipinski definition) is 3. The predicted octanol–water partition coefficient (Wildman–Crippen LogP) is 4.99. The van der Waals surface area contributed by atoms with Gasteiger partial charge in [-0.15, -0.1) is 0 Å². The zero-order valence-corrected chi connectivity index (χ0v) is 22.2. The lowest BCUT2D eigenvalue weighted by molar-refractivity contribution is -0.188. The number of aliphatic hydroxyl groups is 3. The normalized spacial score (nSPS) is 39.0. The lowest BCUT2D eigenvalue weighted by atomic mass is 9.52. The van der Waals surface area contributed by atoms with Gasteiger partial charge in [0.2, 0.25) is 0 Å². The molecule has 0 aromatic heterocycles. The first-order valence-corrected chi connectivity index (χ1v) is 14.7. The molecule has 3 aliphatic rings. The Labute approximate surface area is 213 Å². The van der Waals surface area contributed by atoms with E-state index < -0.39 is 18.3 Å². The molecule has 0 aliphatic heterocycles. The lowest BCUT2D eigenvalue weighted by Gasteiger charge is -2.55. The third-order valence-electron chi connectivity index (χ3n) is 9.14. The molecule has 0 spiro atoms. The number of rotatable bonds is 14. The van der Waals surface area contributed by atoms with Crippen molar-refractivity contribution in [2.75, 3.05) is 13.2 Å². The van der Waals surface area contributed by atoms with Gasteiger partial charge in [-0.05, 0) is 62.2 Å². The second kappa shape index (κ2) is 14.9. The van der Waals surface area contributed by atoms with Gasteiger partial charge in [-0.1, -0.05) is 65.2 Å². The van der Waals surface area contributed by atoms with Gasteiger partial charge in [0, 0.05) is 19.1 Å². The van der Waals surface area contributed by atoms with Crippen molar-refractivity contribution in [3.8, 4) is 6.07 Å². The molecule has 3 fully saturated rings. The smallest absolute Gasteiger partial charge is 0.106 e. The van der Waals surface area contributed by atoms with Gasteiger partial charge in [-0.2, -0.15) is 5.26 Å². The number of fused-ring (bicyclic) bond motifs is 3. The highest BCUT2D eigenvalue weighted by molar-refractivity contribution is 5.08. The highest BCUT2D eigenvalue weighted by atomic mass is 16.5. The minimum absolute atomic E-state index is 0.00250. The van der Waals surface area contributed by atoms with Crippen LogP contribution in [-0.4, -0.2) is 59.1 Å². The third-order valence-corrected chi connectivity index (χ3v) is 9.14. The molecule has 0 bridgehead atoms. The van der Waals surface area contributed by atoms with Crippen molar-refractivity contribution in [3.05, 3.63) is 0 Å². The van der Waals surface area contributed by atoms with Crippen LogP contribution in [-0.2, 0) is 9.47 Å². The van der Waals surface area contributed by atoms with Crippen molar-refractivity contribution >= 4 is 0 Å². The number of hydrogen-bond acceptors (Lipinski definition) is 6. The van der Waals surface area contributed by atoms with Crippen LogP contribution in [0.15, 0.2) is 0 Å². The Bertz CT molecular complexity index is 639. The molecule has 0 saturated heterocycles. The molecular formula is C29H51NO5. The summed E-state index contributed by atoms with van der Waals surface area (Å²) in [5, 5.41) is 41.5. The van der Waals surface area contributed by atoms with Gasteiger partial charge in [0.25, 0.3) is 0 Å². The average molecular weight is 494 g/mol. The highest BCUT2D eigenvalue weighted by Crippen LogP contribution is 2.54. The van der Waals surface area contributed by atoms with E-state index in [0.29, 0.717) is 12.8 Å². The van der Waals surface area contributed by atoms with Crippen LogP contribution in [0.3, 0.4) is 0 Å². The summed E-state index contributed by atoms with van der Waals surface area (Å²) in [6.45, 7) is 5.94. The molecule has 3 saturated carbocycles. The van der Waals surface area contributed by atoms with Gasteiger partial charge in [-0.3, -0.25) is 0 Å². The molecule has 0 heterocycles. The van der Waals surface area contributed by atoms with E-state index >= 15 is 0 Å². The first kappa shape index (κ1) is 28.9. The van der Waals surface area contributed by atoms with E-state index in [1.807, 2.05) is 0 Å². The Hall–Kier alpha value is -0.710. The maximum absolute atomic E-state index is 10.7. The Balaban J connectivity index is 1.65. The van der Waals surface area contributed by atoms with Crippen LogP contribution in [0, 0.1) is 40.9 Å². The third kappa shape index (κ3) is 7.65. The number of aliphatic hydroxyl groups excluding tert-OH is 3. The number of unbranched alkanes of at least 4 members (excludes halogenated alkanes) is 8. The van der Waals surface area contributed by atoms with Gasteiger partial charge in [0.15, 0.2) is 0 Å². The van der Waals surface area contributed by atoms with Crippen LogP contribution in [0.5, 0.6) is 0 Å². The van der Waals surface area contributed by atoms with Crippen molar-refractivity contribution < 1.29 is 24.8 Å². The zero-order valence-electron chi connectivity index (χ0n) is 22.2. The molecule has 10 atom stereocenters. The van der Waals surface area contributed by atoms with E-state index in [9.17, 15) is 20.6 Å². The first-order chi connectivity index (χ1) is 17.0. The van der Waals surface area contributed by atoms with Gasteiger partial charge in [0.05, 0.1) is 30.5 Å². The Morgan fingerprint density at radius 3 is 1.69 bits per heavy atom. The molecule has 0 radical (unpaired) electrons. The topological polar surface area (TPSA) is 103 Å². The van der Waals surface area contributed by atoms with Crippen molar-refractivity contribution in [1.82, 2.24) is 0 Å². The first-order valence-electron chi connectivity index (χ1n) is 14.7. The quantitative estimate of drug-likeness (QED) is 0.295. The van der Waals surface area contributed by atoms with Crippen molar-refractivity contribution in [1.29, 1.82) is 5.26 Å². The fourth-order valence-corrected chi connectivity index (χ4v) is 7.13. The Kier molecular flexibility index (Phi) is 12.3. The molecule has 0 amide bonds. The fourth-order valence-electron chi connectivity index (χ4n) is 7.13. The minimum Gasteiger partial charge on any atom is -0.390 e. The van der Waals surface area contributed by atoms with Crippen molar-refractivity contribution in [2.45, 2.75) is 134 Å². The van der Waals surface area contributed by atoms with Crippen LogP contribution in [0.4, 0.5) is 0 Å². The molecular weight excluding hydrogens is 442 g/mol. The van der Waals surface area contributed by atoms with E-state index in [-0.39, 0.29) is 41.8 Å². The van der Waals surface area contributed by atoms with Crippen molar-refractivity contribution in [2.24, 2.45) is 29.6 Å². The lowest BCUT2D eigenvalue weighted by Crippen LogP contribution is -2.59. The van der Waals surface area contributed by atoms with E-state index in [2.05, 4.69) is 19.9 Å². The summed E-state index contributed by atoms with van der Waals surface area (Å²) in [5.74, 6) is 0.243. The summed E-state index contributed by atoms with van der Waals surface area (Å²) in [6.07, 6.45) is 11.8. The number of nitrogens with zero attached hydrogens (tertiary/aromatic N) is 1. The second-order valence-electron chi connectivity index (χ2n) is 11.5. The summed E-state index contributed by atoms with van der Waals surface area (Å²) in [4.78, 5) is 0. The molecule has 10 unspecified atom stereocenters. The second-order valence-corrected chi connectivity index (χ2v) is 11.5. The van der Waals surface area contributed by atoms with Crippen molar-refractivity contribution in [3.63, 3.8) is 0 Å². The summed E-state index contributed by atoms with van der Waals surface area (Å²) in [6, 6.07) is 2.53. The van der Waals surface area contributed by atoms with E-state index in [1.54, 1.807) is 0 Å². The largest absolute Gasteiger partial charge is 0.390 e. The highest BCUT2D eigenvalue weighted by Gasteiger charge is 2.55. The Morgan fingerprint density at radius 2 is 1.14 bits per heavy atom. The molecule has 3 rings (SSSR count). The van der Waals surface area contributed by atoms with E-state index in [1.165, 1.54) is 51.4 Å². The van der Waals surface area contributed by atoms with Crippen LogP contribution in [0.1, 0.15) is 104 Å². The van der Waals surface area contributed by atoms with Crippen LogP contribution in [0.25, 0.3) is 0 Å². The van der Waals surface area contributed by atoms with Gasteiger partial charge in [-0.25, -0.2) is 0 Å². The Morgan fingerprint density at radius 1 is 0.629 bits per heavy atom. The SMILES string of the molecule is CCCCCCCOC1CC2C(C#N)CC3C(O)C(O)C(O)CC3C2CC1OCCCCCCC. The number of ether oxygens (including phenoxy) is 2. The molecule has 3 N–H and O–H groups in total. The summed E-state index contributed by atoms with van der Waals surface area (Å²) in [5.41, 5.74) is 0. The summed E-state index contributed by atoms with van der Waals surface area (Å²) >= 11 is 0. The summed E-state index contributed by atoms with van der Waals surface area (Å²) in [7, 11) is 0. The van der Waals surface area contributed by atoms with E-state index in [0.717, 1.165) is 38.9 Å². The molecule has 3 aliphatic carbocycles. The van der Waals surface area contributed by atoms with Crippen LogP contribution < -0.4 is 0 Å². The maximum atomic E-state index is 10.7.